The summed E-state index contributed by atoms with van der Waals surface area (Å²) in [6, 6.07) is 16.8. The fraction of sp³-hybridized carbons (Fsp3) is 0.128. The van der Waals surface area contributed by atoms with E-state index < -0.39 is 29.3 Å². The molecule has 0 aliphatic rings. The second-order valence-corrected chi connectivity index (χ2v) is 11.9. The van der Waals surface area contributed by atoms with Crippen molar-refractivity contribution >= 4 is 29.1 Å². The molecule has 304 valence electrons. The maximum absolute atomic E-state index is 14.2. The van der Waals surface area contributed by atoms with Crippen molar-refractivity contribution in [2.24, 2.45) is 5.73 Å². The number of aromatic nitrogens is 4. The van der Waals surface area contributed by atoms with Crippen molar-refractivity contribution in [1.82, 2.24) is 19.9 Å². The molecule has 0 radical (unpaired) electrons. The molecule has 0 aliphatic heterocycles. The molecular weight excluding hydrogens is 809 g/mol. The molecule has 0 bridgehead atoms. The van der Waals surface area contributed by atoms with Gasteiger partial charge in [0, 0.05) is 53.2 Å². The predicted octanol–water partition coefficient (Wildman–Crippen LogP) is 2.88. The summed E-state index contributed by atoms with van der Waals surface area (Å²) >= 11 is 5.76. The monoisotopic (exact) mass is 843 g/mol. The van der Waals surface area contributed by atoms with E-state index in [-0.39, 0.29) is 53.0 Å². The number of anilines is 1. The van der Waals surface area contributed by atoms with Crippen LogP contribution in [0.5, 0.6) is 23.0 Å². The number of quaternary nitrogens is 1. The molecule has 2 heterocycles. The molecule has 4 aromatic carbocycles. The molecule has 0 spiro atoms. The number of nitrogen functional groups attached to an aromatic ring is 1. The second kappa shape index (κ2) is 21.1. The van der Waals surface area contributed by atoms with Crippen LogP contribution in [0.4, 0.5) is 23.2 Å². The zero-order valence-electron chi connectivity index (χ0n) is 31.2. The molecular formula is C39H35Cl2F4N7O6. The van der Waals surface area contributed by atoms with Crippen molar-refractivity contribution in [3.05, 3.63) is 136 Å². The lowest BCUT2D eigenvalue weighted by atomic mass is 10.0. The molecule has 2 aromatic heterocycles. The summed E-state index contributed by atoms with van der Waals surface area (Å²) < 4.78 is 73.6. The van der Waals surface area contributed by atoms with E-state index in [9.17, 15) is 27.2 Å². The summed E-state index contributed by atoms with van der Waals surface area (Å²) in [5, 5.41) is 0.330. The highest BCUT2D eigenvalue weighted by Crippen LogP contribution is 2.32. The summed E-state index contributed by atoms with van der Waals surface area (Å²) in [5.74, 6) is -3.03. The van der Waals surface area contributed by atoms with E-state index in [1.165, 1.54) is 83.6 Å². The molecule has 13 nitrogen and oxygen atoms in total. The molecule has 0 atom stereocenters. The fourth-order valence-corrected chi connectivity index (χ4v) is 5.40. The van der Waals surface area contributed by atoms with Crippen molar-refractivity contribution < 1.29 is 64.2 Å². The number of hydrogen-bond acceptors (Lipinski definition) is 11. The van der Waals surface area contributed by atoms with Crippen LogP contribution in [0.2, 0.25) is 5.15 Å². The van der Waals surface area contributed by atoms with E-state index in [0.717, 1.165) is 6.07 Å². The van der Waals surface area contributed by atoms with E-state index >= 15 is 0 Å². The number of benzene rings is 4. The highest BCUT2D eigenvalue weighted by Gasteiger charge is 2.18. The SMILES string of the molecule is COc1c(F)cc(N)cc1C([NH3+])=O.COc1cc(F)ccc1-c1cc(Cc2cc(F)c(OC)c(C(N)=O)c2)ncn1.COc1cc(F)ccc1-c1cc(Cl)ncn1.[Cl-]. The molecule has 0 unspecified atom stereocenters. The summed E-state index contributed by atoms with van der Waals surface area (Å²) in [6.45, 7) is 0. The van der Waals surface area contributed by atoms with Gasteiger partial charge in [0.2, 0.25) is 0 Å². The first-order valence-electron chi connectivity index (χ1n) is 16.3. The average molecular weight is 845 g/mol. The Morgan fingerprint density at radius 3 is 1.69 bits per heavy atom. The fourth-order valence-electron chi connectivity index (χ4n) is 5.26. The first kappa shape index (κ1) is 45.8. The van der Waals surface area contributed by atoms with E-state index in [4.69, 9.17) is 42.0 Å². The number of nitrogens with two attached hydrogens (primary N) is 2. The highest BCUT2D eigenvalue weighted by molar-refractivity contribution is 6.29. The van der Waals surface area contributed by atoms with Gasteiger partial charge in [0.25, 0.3) is 5.91 Å². The van der Waals surface area contributed by atoms with Crippen LogP contribution in [0.1, 0.15) is 32.0 Å². The van der Waals surface area contributed by atoms with Gasteiger partial charge in [0.05, 0.1) is 45.4 Å². The third-order valence-corrected chi connectivity index (χ3v) is 7.97. The third-order valence-electron chi connectivity index (χ3n) is 7.77. The predicted molar refractivity (Wildman–Crippen MR) is 202 cm³/mol. The molecule has 7 N–H and O–H groups in total. The second-order valence-electron chi connectivity index (χ2n) is 11.5. The van der Waals surface area contributed by atoms with Gasteiger partial charge in [-0.05, 0) is 54.1 Å². The smallest absolute Gasteiger partial charge is 0.344 e. The van der Waals surface area contributed by atoms with Crippen molar-refractivity contribution in [3.8, 4) is 45.5 Å². The topological polar surface area (TPSA) is 202 Å². The lowest BCUT2D eigenvalue weighted by molar-refractivity contribution is -0.255. The van der Waals surface area contributed by atoms with Crippen molar-refractivity contribution in [1.29, 1.82) is 0 Å². The van der Waals surface area contributed by atoms with Gasteiger partial charge in [-0.1, -0.05) is 11.6 Å². The van der Waals surface area contributed by atoms with Gasteiger partial charge < -0.3 is 42.8 Å². The Bertz CT molecular complexity index is 2410. The van der Waals surface area contributed by atoms with Gasteiger partial charge in [0.1, 0.15) is 46.5 Å². The summed E-state index contributed by atoms with van der Waals surface area (Å²) in [7, 11) is 5.45. The van der Waals surface area contributed by atoms with Crippen LogP contribution in [0.25, 0.3) is 22.5 Å². The molecule has 2 amide bonds. The summed E-state index contributed by atoms with van der Waals surface area (Å²) in [6.07, 6.45) is 2.92. The van der Waals surface area contributed by atoms with Crippen LogP contribution in [-0.2, 0) is 6.42 Å². The normalized spacial score (nSPS) is 10.1. The van der Waals surface area contributed by atoms with Gasteiger partial charge in [-0.15, -0.1) is 0 Å². The van der Waals surface area contributed by atoms with E-state index in [1.807, 2.05) is 0 Å². The van der Waals surface area contributed by atoms with Gasteiger partial charge in [-0.2, -0.15) is 0 Å². The number of rotatable bonds is 10. The Balaban J connectivity index is 0.000000254. The Morgan fingerprint density at radius 1 is 0.672 bits per heavy atom. The molecule has 58 heavy (non-hydrogen) atoms. The zero-order valence-corrected chi connectivity index (χ0v) is 32.7. The number of carbonyl (C=O) groups excluding carboxylic acids is 2. The molecule has 0 fully saturated rings. The maximum atomic E-state index is 14.2. The lowest BCUT2D eigenvalue weighted by Gasteiger charge is -2.11. The number of halogens is 6. The number of primary amides is 1. The van der Waals surface area contributed by atoms with Crippen LogP contribution < -0.4 is 48.6 Å². The molecule has 6 rings (SSSR count). The standard InChI is InChI=1S/C20H17F2N3O3.C11H8ClFN2O.C8H9FN2O2.ClH/c1-27-18-8-12(21)3-4-14(18)17-9-13(24-10-25-17)5-11-6-15(20(23)26)19(28-2)16(22)7-11;1-16-10-4-7(13)2-3-8(10)9-5-11(12)15-6-14-9;1-13-7-5(8(11)12)2-4(10)3-6(7)9;/h3-4,6-10H,5H2,1-2H3,(H2,23,26);2-6H,1H3;2-3H,10H2,1H3,(H2,11,12);1H. The van der Waals surface area contributed by atoms with Crippen molar-refractivity contribution in [2.45, 2.75) is 6.42 Å². The number of hydrogen-bond donors (Lipinski definition) is 3. The van der Waals surface area contributed by atoms with Gasteiger partial charge in [-0.3, -0.25) is 10.5 Å². The number of ether oxygens (including phenoxy) is 4. The van der Waals surface area contributed by atoms with E-state index in [1.54, 1.807) is 24.3 Å². The number of amides is 2. The zero-order chi connectivity index (χ0) is 41.8. The Morgan fingerprint density at radius 2 is 1.19 bits per heavy atom. The lowest BCUT2D eigenvalue weighted by Crippen LogP contribution is -3.00. The summed E-state index contributed by atoms with van der Waals surface area (Å²) in [5.41, 5.74) is 17.4. The quantitative estimate of drug-likeness (QED) is 0.104. The maximum Gasteiger partial charge on any atom is 0.344 e. The Kier molecular flexibility index (Phi) is 16.7. The Hall–Kier alpha value is -6.56. The number of nitrogens with zero attached hydrogens (tertiary/aromatic N) is 4. The van der Waals surface area contributed by atoms with Crippen LogP contribution in [0.3, 0.4) is 0 Å². The minimum Gasteiger partial charge on any atom is -1.00 e. The van der Waals surface area contributed by atoms with E-state index in [0.29, 0.717) is 50.4 Å². The molecule has 0 saturated heterocycles. The molecule has 0 aliphatic carbocycles. The minimum atomic E-state index is -0.794. The van der Waals surface area contributed by atoms with Crippen molar-refractivity contribution in [3.63, 3.8) is 0 Å². The Labute approximate surface area is 340 Å². The number of carbonyl (C=O) groups is 2. The van der Waals surface area contributed by atoms with Crippen LogP contribution >= 0.6 is 11.6 Å². The molecule has 6 aromatic rings. The number of methoxy groups -OCH3 is 4. The van der Waals surface area contributed by atoms with Gasteiger partial charge in [-0.25, -0.2) is 42.3 Å². The van der Waals surface area contributed by atoms with Gasteiger partial charge in [0.15, 0.2) is 23.1 Å². The van der Waals surface area contributed by atoms with Gasteiger partial charge >= 0.3 is 5.91 Å². The minimum absolute atomic E-state index is 0. The van der Waals surface area contributed by atoms with Crippen molar-refractivity contribution in [2.75, 3.05) is 34.2 Å². The van der Waals surface area contributed by atoms with Crippen LogP contribution in [0, 0.1) is 23.3 Å². The average Bonchev–Trinajstić information content (AvgIpc) is 3.17. The summed E-state index contributed by atoms with van der Waals surface area (Å²) in [4.78, 5) is 38.7. The first-order chi connectivity index (χ1) is 27.2. The van der Waals surface area contributed by atoms with Crippen LogP contribution in [0.15, 0.2) is 85.5 Å². The largest absolute Gasteiger partial charge is 1.00 e. The first-order valence-corrected chi connectivity index (χ1v) is 16.7. The van der Waals surface area contributed by atoms with E-state index in [2.05, 4.69) is 25.7 Å². The highest BCUT2D eigenvalue weighted by atomic mass is 35.5. The molecule has 0 saturated carbocycles. The molecule has 19 heteroatoms. The third kappa shape index (κ3) is 11.7. The van der Waals surface area contributed by atoms with Crippen LogP contribution in [-0.4, -0.2) is 60.2 Å².